The van der Waals surface area contributed by atoms with E-state index in [1.54, 1.807) is 0 Å². The molecule has 0 amide bonds. The smallest absolute Gasteiger partial charge is 0.756 e. The maximum absolute atomic E-state index is 11.3. The molecule has 0 N–H and O–H groups in total. The van der Waals surface area contributed by atoms with Gasteiger partial charge >= 0.3 is 103 Å². The van der Waals surface area contributed by atoms with Crippen molar-refractivity contribution in [2.45, 2.75) is 39.5 Å². The Hall–Kier alpha value is 3.45. The van der Waals surface area contributed by atoms with Gasteiger partial charge < -0.3 is 32.6 Å². The van der Waals surface area contributed by atoms with E-state index < -0.39 is 15.6 Å². The summed E-state index contributed by atoms with van der Waals surface area (Å²) in [5.74, 6) is 0. The van der Waals surface area contributed by atoms with Crippen LogP contribution < -0.4 is 113 Å². The summed E-state index contributed by atoms with van der Waals surface area (Å²) < 4.78 is 45.8. The molecule has 0 aromatic carbocycles. The molecular formula is C12H26K2O9P2. The third-order valence-electron chi connectivity index (χ3n) is 2.45. The number of ether oxygens (including phenoxy) is 1. The van der Waals surface area contributed by atoms with Crippen molar-refractivity contribution in [2.24, 2.45) is 0 Å². The summed E-state index contributed by atoms with van der Waals surface area (Å²) in [5, 5.41) is 0. The van der Waals surface area contributed by atoms with Gasteiger partial charge in [0, 0.05) is 0 Å². The van der Waals surface area contributed by atoms with Crippen LogP contribution in [-0.2, 0) is 32.0 Å². The van der Waals surface area contributed by atoms with Crippen LogP contribution in [0.3, 0.4) is 0 Å². The fraction of sp³-hybridized carbons (Fsp3) is 1.00. The monoisotopic (exact) mass is 454 g/mol. The van der Waals surface area contributed by atoms with Crippen molar-refractivity contribution in [2.75, 3.05) is 39.6 Å². The maximum Gasteiger partial charge on any atom is 1.00 e. The summed E-state index contributed by atoms with van der Waals surface area (Å²) in [6, 6.07) is 0. The molecule has 9 nitrogen and oxygen atoms in total. The topological polar surface area (TPSA) is 126 Å². The van der Waals surface area contributed by atoms with E-state index in [-0.39, 0.29) is 142 Å². The number of hydrogen-bond donors (Lipinski definition) is 0. The second-order valence-electron chi connectivity index (χ2n) is 4.55. The van der Waals surface area contributed by atoms with Crippen molar-refractivity contribution in [3.8, 4) is 0 Å². The number of phosphoric acid groups is 2. The Morgan fingerprint density at radius 2 is 0.960 bits per heavy atom. The van der Waals surface area contributed by atoms with Gasteiger partial charge in [0.1, 0.15) is 0 Å². The fourth-order valence-corrected chi connectivity index (χ4v) is 2.68. The number of rotatable bonds is 16. The molecule has 2 unspecified atom stereocenters. The SMILES string of the molecule is CCCCOP(=O)([O-])OCCOCCOP(=O)([O-])OCCCC.[K+].[K+]. The third kappa shape index (κ3) is 23.6. The molecule has 0 aliphatic carbocycles. The first-order valence-corrected chi connectivity index (χ1v) is 10.5. The van der Waals surface area contributed by atoms with Crippen molar-refractivity contribution in [1.82, 2.24) is 0 Å². The zero-order valence-corrected chi connectivity index (χ0v) is 23.7. The van der Waals surface area contributed by atoms with E-state index in [1.807, 2.05) is 13.8 Å². The molecule has 0 fully saturated rings. The second kappa shape index (κ2) is 20.7. The molecule has 0 saturated carbocycles. The zero-order valence-electron chi connectivity index (χ0n) is 15.6. The molecule has 0 bridgehead atoms. The van der Waals surface area contributed by atoms with Gasteiger partial charge in [0.25, 0.3) is 15.6 Å². The molecule has 0 aliphatic rings. The van der Waals surface area contributed by atoms with Crippen LogP contribution in [0.5, 0.6) is 0 Å². The van der Waals surface area contributed by atoms with Crippen molar-refractivity contribution >= 4 is 15.6 Å². The minimum absolute atomic E-state index is 0. The van der Waals surface area contributed by atoms with Gasteiger partial charge in [-0.3, -0.25) is 9.13 Å². The molecule has 0 saturated heterocycles. The van der Waals surface area contributed by atoms with Crippen molar-refractivity contribution in [3.05, 3.63) is 0 Å². The van der Waals surface area contributed by atoms with Crippen LogP contribution in [-0.4, -0.2) is 39.6 Å². The molecule has 0 aliphatic heterocycles. The zero-order chi connectivity index (χ0) is 17.6. The van der Waals surface area contributed by atoms with Gasteiger partial charge in [-0.05, 0) is 12.8 Å². The number of unbranched alkanes of at least 4 members (excludes halogenated alkanes) is 2. The Morgan fingerprint density at radius 3 is 1.28 bits per heavy atom. The summed E-state index contributed by atoms with van der Waals surface area (Å²) in [6.45, 7) is 3.49. The molecule has 0 radical (unpaired) electrons. The van der Waals surface area contributed by atoms with E-state index in [1.165, 1.54) is 0 Å². The first-order valence-electron chi connectivity index (χ1n) is 7.61. The van der Waals surface area contributed by atoms with E-state index in [9.17, 15) is 18.9 Å². The van der Waals surface area contributed by atoms with E-state index in [4.69, 9.17) is 4.74 Å². The van der Waals surface area contributed by atoms with Crippen LogP contribution in [0.25, 0.3) is 0 Å². The minimum atomic E-state index is -4.30. The second-order valence-corrected chi connectivity index (χ2v) is 7.37. The largest absolute Gasteiger partial charge is 1.00 e. The summed E-state index contributed by atoms with van der Waals surface area (Å²) >= 11 is 0. The first-order chi connectivity index (χ1) is 10.8. The Labute approximate surface area is 235 Å². The predicted octanol–water partition coefficient (Wildman–Crippen LogP) is -4.39. The van der Waals surface area contributed by atoms with Crippen LogP contribution in [0.2, 0.25) is 0 Å². The van der Waals surface area contributed by atoms with E-state index in [0.29, 0.717) is 12.8 Å². The normalized spacial score (nSPS) is 15.5. The van der Waals surface area contributed by atoms with Gasteiger partial charge in [0.2, 0.25) is 0 Å². The molecule has 0 rings (SSSR count). The summed E-state index contributed by atoms with van der Waals surface area (Å²) in [4.78, 5) is 22.5. The maximum atomic E-state index is 11.3. The van der Waals surface area contributed by atoms with E-state index >= 15 is 0 Å². The molecule has 0 heterocycles. The summed E-state index contributed by atoms with van der Waals surface area (Å²) in [5.41, 5.74) is 0. The number of phosphoric ester groups is 2. The van der Waals surface area contributed by atoms with Gasteiger partial charge in [-0.2, -0.15) is 0 Å². The molecule has 2 atom stereocenters. The minimum Gasteiger partial charge on any atom is -0.756 e. The fourth-order valence-electron chi connectivity index (χ4n) is 1.23. The average Bonchev–Trinajstić information content (AvgIpc) is 2.46. The van der Waals surface area contributed by atoms with Crippen molar-refractivity contribution in [1.29, 1.82) is 0 Å². The molecule has 0 aromatic heterocycles. The van der Waals surface area contributed by atoms with E-state index in [2.05, 4.69) is 18.1 Å². The third-order valence-corrected chi connectivity index (χ3v) is 4.44. The quantitative estimate of drug-likeness (QED) is 0.129. The van der Waals surface area contributed by atoms with Crippen LogP contribution >= 0.6 is 15.6 Å². The Balaban J connectivity index is -0.00000242. The molecule has 140 valence electrons. The summed E-state index contributed by atoms with van der Waals surface area (Å²) in [7, 11) is -8.59. The van der Waals surface area contributed by atoms with Crippen molar-refractivity contribution in [3.63, 3.8) is 0 Å². The Bertz CT molecular complexity index is 354. The first kappa shape index (κ1) is 33.1. The molecule has 13 heteroatoms. The predicted molar refractivity (Wildman–Crippen MR) is 79.7 cm³/mol. The molecule has 25 heavy (non-hydrogen) atoms. The van der Waals surface area contributed by atoms with Gasteiger partial charge in [0.05, 0.1) is 39.6 Å². The number of hydrogen-bond acceptors (Lipinski definition) is 9. The van der Waals surface area contributed by atoms with Gasteiger partial charge in [-0.25, -0.2) is 0 Å². The van der Waals surface area contributed by atoms with E-state index in [0.717, 1.165) is 12.8 Å². The standard InChI is InChI=1S/C12H28O9P2.2K/c1-3-5-7-18-22(13,14)20-11-9-17-10-12-21-23(15,16)19-8-6-4-2;;/h3-12H2,1-2H3,(H,13,14)(H,15,16);;/q;2*+1/p-2. The molecule has 0 aromatic rings. The average molecular weight is 454 g/mol. The van der Waals surface area contributed by atoms with Gasteiger partial charge in [-0.1, -0.05) is 26.7 Å². The van der Waals surface area contributed by atoms with Crippen molar-refractivity contribution < 1.29 is 145 Å². The van der Waals surface area contributed by atoms with Crippen LogP contribution in [0, 0.1) is 0 Å². The summed E-state index contributed by atoms with van der Waals surface area (Å²) in [6.07, 6.45) is 2.88. The van der Waals surface area contributed by atoms with Gasteiger partial charge in [0.15, 0.2) is 0 Å². The van der Waals surface area contributed by atoms with Crippen LogP contribution in [0.15, 0.2) is 0 Å². The molecule has 0 spiro atoms. The van der Waals surface area contributed by atoms with Crippen LogP contribution in [0.1, 0.15) is 39.5 Å². The molecular weight excluding hydrogens is 428 g/mol. The Kier molecular flexibility index (Phi) is 27.4. The Morgan fingerprint density at radius 1 is 0.640 bits per heavy atom. The van der Waals surface area contributed by atoms with Crippen LogP contribution in [0.4, 0.5) is 0 Å². The van der Waals surface area contributed by atoms with Gasteiger partial charge in [-0.15, -0.1) is 0 Å².